The second-order valence-corrected chi connectivity index (χ2v) is 6.67. The molecule has 128 valence electrons. The third kappa shape index (κ3) is 4.55. The largest absolute Gasteiger partial charge is 0.383 e. The molecule has 1 amide bonds. The van der Waals surface area contributed by atoms with E-state index in [1.165, 1.54) is 24.6 Å². The van der Waals surface area contributed by atoms with Crippen LogP contribution >= 0.6 is 11.8 Å². The van der Waals surface area contributed by atoms with Gasteiger partial charge < -0.3 is 10.1 Å². The number of hydrogen-bond donors (Lipinski definition) is 1. The number of amides is 1. The number of aromatic nitrogens is 4. The molecule has 2 aromatic heterocycles. The van der Waals surface area contributed by atoms with Crippen LogP contribution in [0.3, 0.4) is 0 Å². The fraction of sp³-hybridized carbons (Fsp3) is 0.500. The Bertz CT molecular complexity index is 672. The topological polar surface area (TPSA) is 81.9 Å². The van der Waals surface area contributed by atoms with Gasteiger partial charge in [0.1, 0.15) is 0 Å². The van der Waals surface area contributed by atoms with Crippen molar-refractivity contribution in [1.29, 1.82) is 0 Å². The van der Waals surface area contributed by atoms with Crippen LogP contribution in [0.5, 0.6) is 0 Å². The molecular formula is C16H21N5O2S. The Morgan fingerprint density at radius 2 is 2.17 bits per heavy atom. The monoisotopic (exact) mass is 347 g/mol. The Balaban J connectivity index is 1.67. The molecule has 0 saturated heterocycles. The molecule has 1 aliphatic rings. The zero-order chi connectivity index (χ0) is 16.8. The first-order valence-electron chi connectivity index (χ1n) is 8.00. The predicted molar refractivity (Wildman–Crippen MR) is 91.6 cm³/mol. The van der Waals surface area contributed by atoms with E-state index < -0.39 is 0 Å². The average molecular weight is 347 g/mol. The maximum Gasteiger partial charge on any atom is 0.230 e. The van der Waals surface area contributed by atoms with E-state index in [4.69, 9.17) is 4.74 Å². The molecule has 1 saturated carbocycles. The van der Waals surface area contributed by atoms with Crippen molar-refractivity contribution in [1.82, 2.24) is 25.1 Å². The first kappa shape index (κ1) is 16.9. The van der Waals surface area contributed by atoms with E-state index >= 15 is 0 Å². The molecule has 0 aromatic carbocycles. The Labute approximate surface area is 145 Å². The molecular weight excluding hydrogens is 326 g/mol. The van der Waals surface area contributed by atoms with Crippen molar-refractivity contribution in [3.8, 4) is 11.4 Å². The lowest BCUT2D eigenvalue weighted by molar-refractivity contribution is -0.118. The molecule has 0 aliphatic heterocycles. The number of pyridine rings is 1. The second-order valence-electron chi connectivity index (χ2n) is 5.72. The van der Waals surface area contributed by atoms with Gasteiger partial charge in [0.05, 0.1) is 18.9 Å². The minimum atomic E-state index is 0.0404. The molecule has 7 nitrogen and oxygen atoms in total. The zero-order valence-corrected chi connectivity index (χ0v) is 14.5. The summed E-state index contributed by atoms with van der Waals surface area (Å²) in [6.07, 6.45) is 5.91. The third-order valence-electron chi connectivity index (χ3n) is 3.79. The van der Waals surface area contributed by atoms with Crippen LogP contribution in [0.2, 0.25) is 0 Å². The molecule has 1 aliphatic carbocycles. The van der Waals surface area contributed by atoms with Gasteiger partial charge in [-0.15, -0.1) is 10.2 Å². The Hall–Kier alpha value is -1.93. The number of hydrogen-bond acceptors (Lipinski definition) is 6. The van der Waals surface area contributed by atoms with Gasteiger partial charge in [-0.3, -0.25) is 14.3 Å². The lowest BCUT2D eigenvalue weighted by Crippen LogP contribution is -2.27. The van der Waals surface area contributed by atoms with Crippen LogP contribution in [0.15, 0.2) is 29.7 Å². The lowest BCUT2D eigenvalue weighted by atomic mass is 10.2. The molecule has 1 fully saturated rings. The van der Waals surface area contributed by atoms with Gasteiger partial charge >= 0.3 is 0 Å². The average Bonchev–Trinajstić information content (AvgIpc) is 3.36. The Kier molecular flexibility index (Phi) is 5.81. The van der Waals surface area contributed by atoms with Gasteiger partial charge in [0.15, 0.2) is 11.0 Å². The summed E-state index contributed by atoms with van der Waals surface area (Å²) in [7, 11) is 1.66. The SMILES string of the molecule is COCCn1c(SCC(=O)NCC2CC2)nnc1-c1ccncc1. The number of nitrogens with one attached hydrogen (secondary N) is 1. The van der Waals surface area contributed by atoms with Gasteiger partial charge in [-0.25, -0.2) is 0 Å². The van der Waals surface area contributed by atoms with Gasteiger partial charge in [0.2, 0.25) is 5.91 Å². The van der Waals surface area contributed by atoms with Crippen LogP contribution in [0.25, 0.3) is 11.4 Å². The first-order valence-corrected chi connectivity index (χ1v) is 8.98. The van der Waals surface area contributed by atoms with Crippen molar-refractivity contribution >= 4 is 17.7 Å². The Morgan fingerprint density at radius 3 is 2.88 bits per heavy atom. The number of methoxy groups -OCH3 is 1. The van der Waals surface area contributed by atoms with Crippen molar-refractivity contribution in [2.24, 2.45) is 5.92 Å². The highest BCUT2D eigenvalue weighted by Crippen LogP contribution is 2.27. The van der Waals surface area contributed by atoms with E-state index in [-0.39, 0.29) is 5.91 Å². The minimum Gasteiger partial charge on any atom is -0.383 e. The van der Waals surface area contributed by atoms with Crippen LogP contribution in [0.4, 0.5) is 0 Å². The van der Waals surface area contributed by atoms with Crippen LogP contribution in [0.1, 0.15) is 12.8 Å². The molecule has 0 unspecified atom stereocenters. The van der Waals surface area contributed by atoms with Gasteiger partial charge in [-0.2, -0.15) is 0 Å². The second kappa shape index (κ2) is 8.25. The van der Waals surface area contributed by atoms with Crippen molar-refractivity contribution < 1.29 is 9.53 Å². The summed E-state index contributed by atoms with van der Waals surface area (Å²) in [5, 5.41) is 12.2. The number of rotatable bonds is 9. The van der Waals surface area contributed by atoms with Crippen LogP contribution in [-0.2, 0) is 16.1 Å². The first-order chi connectivity index (χ1) is 11.8. The minimum absolute atomic E-state index is 0.0404. The van der Waals surface area contributed by atoms with E-state index in [9.17, 15) is 4.79 Å². The maximum atomic E-state index is 11.9. The lowest BCUT2D eigenvalue weighted by Gasteiger charge is -2.09. The van der Waals surface area contributed by atoms with E-state index in [1.54, 1.807) is 19.5 Å². The smallest absolute Gasteiger partial charge is 0.230 e. The number of nitrogens with zero attached hydrogens (tertiary/aromatic N) is 4. The summed E-state index contributed by atoms with van der Waals surface area (Å²) in [5.74, 6) is 1.82. The molecule has 1 N–H and O–H groups in total. The molecule has 3 rings (SSSR count). The van der Waals surface area contributed by atoms with E-state index in [0.29, 0.717) is 24.8 Å². The molecule has 24 heavy (non-hydrogen) atoms. The molecule has 2 aromatic rings. The van der Waals surface area contributed by atoms with Crippen molar-refractivity contribution in [3.05, 3.63) is 24.5 Å². The van der Waals surface area contributed by atoms with Gasteiger partial charge in [0, 0.05) is 31.6 Å². The molecule has 0 spiro atoms. The summed E-state index contributed by atoms with van der Waals surface area (Å²) in [6, 6.07) is 3.79. The third-order valence-corrected chi connectivity index (χ3v) is 4.76. The highest BCUT2D eigenvalue weighted by Gasteiger charge is 2.22. The summed E-state index contributed by atoms with van der Waals surface area (Å²) in [5.41, 5.74) is 0.943. The summed E-state index contributed by atoms with van der Waals surface area (Å²) < 4.78 is 7.16. The normalized spacial score (nSPS) is 13.9. The maximum absolute atomic E-state index is 11.9. The number of carbonyl (C=O) groups is 1. The number of ether oxygens (including phenoxy) is 1. The predicted octanol–water partition coefficient (Wildman–Crippen LogP) is 1.60. The molecule has 0 bridgehead atoms. The number of thioether (sulfide) groups is 1. The quantitative estimate of drug-likeness (QED) is 0.694. The van der Waals surface area contributed by atoms with Crippen LogP contribution in [-0.4, -0.2) is 51.7 Å². The van der Waals surface area contributed by atoms with Crippen molar-refractivity contribution in [2.75, 3.05) is 26.0 Å². The highest BCUT2D eigenvalue weighted by molar-refractivity contribution is 7.99. The van der Waals surface area contributed by atoms with Crippen molar-refractivity contribution in [3.63, 3.8) is 0 Å². The standard InChI is InChI=1S/C16H21N5O2S/c1-23-9-8-21-15(13-4-6-17-7-5-13)19-20-16(21)24-11-14(22)18-10-12-2-3-12/h4-7,12H,2-3,8-11H2,1H3,(H,18,22). The van der Waals surface area contributed by atoms with Gasteiger partial charge in [-0.1, -0.05) is 11.8 Å². The fourth-order valence-corrected chi connectivity index (χ4v) is 3.05. The van der Waals surface area contributed by atoms with E-state index in [1.807, 2.05) is 16.7 Å². The van der Waals surface area contributed by atoms with Crippen LogP contribution in [0, 0.1) is 5.92 Å². The van der Waals surface area contributed by atoms with Gasteiger partial charge in [0.25, 0.3) is 0 Å². The number of carbonyl (C=O) groups excluding carboxylic acids is 1. The molecule has 8 heteroatoms. The molecule has 2 heterocycles. The summed E-state index contributed by atoms with van der Waals surface area (Å²) in [6.45, 7) is 1.97. The highest BCUT2D eigenvalue weighted by atomic mass is 32.2. The van der Waals surface area contributed by atoms with Crippen LogP contribution < -0.4 is 5.32 Å². The van der Waals surface area contributed by atoms with Crippen molar-refractivity contribution in [2.45, 2.75) is 24.5 Å². The fourth-order valence-electron chi connectivity index (χ4n) is 2.26. The van der Waals surface area contributed by atoms with Gasteiger partial charge in [-0.05, 0) is 30.9 Å². The van der Waals surface area contributed by atoms with E-state index in [2.05, 4.69) is 20.5 Å². The van der Waals surface area contributed by atoms with E-state index in [0.717, 1.165) is 23.1 Å². The Morgan fingerprint density at radius 1 is 1.38 bits per heavy atom. The summed E-state index contributed by atoms with van der Waals surface area (Å²) >= 11 is 1.40. The zero-order valence-electron chi connectivity index (χ0n) is 13.6. The summed E-state index contributed by atoms with van der Waals surface area (Å²) in [4.78, 5) is 16.0. The molecule has 0 atom stereocenters. The molecule has 0 radical (unpaired) electrons.